The lowest BCUT2D eigenvalue weighted by atomic mass is 10.4. The molecule has 0 saturated heterocycles. The molecule has 110 valence electrons. The third-order valence-electron chi connectivity index (χ3n) is 3.23. The van der Waals surface area contributed by atoms with Crippen LogP contribution in [0.4, 0.5) is 0 Å². The summed E-state index contributed by atoms with van der Waals surface area (Å²) in [6, 6.07) is 8.22. The van der Waals surface area contributed by atoms with E-state index in [9.17, 15) is 0 Å². The van der Waals surface area contributed by atoms with Crippen LogP contribution in [0.1, 0.15) is 24.9 Å². The number of hydrogen-bond acceptors (Lipinski definition) is 4. The monoisotopic (exact) mass is 301 g/mol. The number of nitrogens with one attached hydrogen (secondary N) is 1. The molecule has 3 heterocycles. The van der Waals surface area contributed by atoms with Crippen molar-refractivity contribution in [2.75, 3.05) is 6.54 Å². The van der Waals surface area contributed by atoms with Gasteiger partial charge in [0.05, 0.1) is 18.0 Å². The van der Waals surface area contributed by atoms with Gasteiger partial charge in [-0.25, -0.2) is 4.98 Å². The van der Waals surface area contributed by atoms with Crippen LogP contribution in [0.2, 0.25) is 0 Å². The quantitative estimate of drug-likeness (QED) is 0.676. The average Bonchev–Trinajstić information content (AvgIpc) is 3.20. The van der Waals surface area contributed by atoms with Crippen LogP contribution < -0.4 is 5.32 Å². The van der Waals surface area contributed by atoms with E-state index in [2.05, 4.69) is 33.2 Å². The lowest BCUT2D eigenvalue weighted by molar-refractivity contribution is 0.438. The first-order valence-corrected chi connectivity index (χ1v) is 8.08. The van der Waals surface area contributed by atoms with E-state index in [1.165, 1.54) is 4.88 Å². The lowest BCUT2D eigenvalue weighted by Crippen LogP contribution is -2.13. The summed E-state index contributed by atoms with van der Waals surface area (Å²) in [5.74, 6) is 2.93. The fraction of sp³-hybridized carbons (Fsp3) is 0.312. The Kier molecular flexibility index (Phi) is 4.52. The highest BCUT2D eigenvalue weighted by Gasteiger charge is 2.09. The molecule has 3 aromatic rings. The first kappa shape index (κ1) is 14.1. The van der Waals surface area contributed by atoms with Crippen LogP contribution in [-0.2, 0) is 13.1 Å². The van der Waals surface area contributed by atoms with Crippen molar-refractivity contribution in [3.05, 3.63) is 53.6 Å². The van der Waals surface area contributed by atoms with Gasteiger partial charge in [0.15, 0.2) is 0 Å². The Balaban J connectivity index is 1.69. The minimum atomic E-state index is 0.709. The Bertz CT molecular complexity index is 669. The second-order valence-corrected chi connectivity index (χ2v) is 5.85. The van der Waals surface area contributed by atoms with E-state index in [1.54, 1.807) is 11.3 Å². The molecule has 0 unspecified atom stereocenters. The van der Waals surface area contributed by atoms with Gasteiger partial charge in [0, 0.05) is 12.4 Å². The number of nitrogens with zero attached hydrogens (tertiary/aromatic N) is 2. The summed E-state index contributed by atoms with van der Waals surface area (Å²) in [6.07, 6.45) is 4.96. The minimum Gasteiger partial charge on any atom is -0.463 e. The molecule has 3 aromatic heterocycles. The largest absolute Gasteiger partial charge is 0.463 e. The molecule has 0 amide bonds. The van der Waals surface area contributed by atoms with Crippen LogP contribution in [0, 0.1) is 0 Å². The van der Waals surface area contributed by atoms with Gasteiger partial charge in [0.1, 0.15) is 17.3 Å². The zero-order chi connectivity index (χ0) is 14.5. The normalized spacial score (nSPS) is 11.1. The predicted octanol–water partition coefficient (Wildman–Crippen LogP) is 3.75. The molecule has 0 saturated carbocycles. The third-order valence-corrected chi connectivity index (χ3v) is 4.09. The summed E-state index contributed by atoms with van der Waals surface area (Å²) in [7, 11) is 0. The highest BCUT2D eigenvalue weighted by atomic mass is 32.1. The molecule has 5 heteroatoms. The summed E-state index contributed by atoms with van der Waals surface area (Å²) in [5, 5.41) is 5.41. The van der Waals surface area contributed by atoms with Crippen LogP contribution in [0.5, 0.6) is 0 Å². The van der Waals surface area contributed by atoms with Gasteiger partial charge in [0.25, 0.3) is 0 Å². The number of hydrogen-bond donors (Lipinski definition) is 1. The van der Waals surface area contributed by atoms with Crippen LogP contribution in [0.25, 0.3) is 10.7 Å². The molecule has 0 aliphatic rings. The maximum absolute atomic E-state index is 5.87. The second-order valence-electron chi connectivity index (χ2n) is 4.90. The van der Waals surface area contributed by atoms with Gasteiger partial charge in [-0.2, -0.15) is 0 Å². The molecule has 0 aromatic carbocycles. The van der Waals surface area contributed by atoms with Gasteiger partial charge < -0.3 is 14.3 Å². The molecule has 4 nitrogen and oxygen atoms in total. The molecule has 0 aliphatic heterocycles. The highest BCUT2D eigenvalue weighted by molar-refractivity contribution is 7.13. The maximum atomic E-state index is 5.87. The average molecular weight is 301 g/mol. The Labute approximate surface area is 128 Å². The van der Waals surface area contributed by atoms with Gasteiger partial charge in [-0.3, -0.25) is 0 Å². The standard InChI is InChI=1S/C16H19N3OS/c1-2-7-17-11-13-5-6-14(20-13)12-19-9-8-18-16(19)15-4-3-10-21-15/h3-6,8-10,17H,2,7,11-12H2,1H3. The Morgan fingerprint density at radius 1 is 1.29 bits per heavy atom. The van der Waals surface area contributed by atoms with E-state index in [-0.39, 0.29) is 0 Å². The van der Waals surface area contributed by atoms with Gasteiger partial charge in [-0.15, -0.1) is 11.3 Å². The van der Waals surface area contributed by atoms with E-state index in [1.807, 2.05) is 30.6 Å². The number of thiophene rings is 1. The number of aromatic nitrogens is 2. The summed E-state index contributed by atoms with van der Waals surface area (Å²) >= 11 is 1.70. The maximum Gasteiger partial charge on any atom is 0.150 e. The van der Waals surface area contributed by atoms with Gasteiger partial charge in [-0.05, 0) is 36.5 Å². The van der Waals surface area contributed by atoms with E-state index in [4.69, 9.17) is 4.42 Å². The summed E-state index contributed by atoms with van der Waals surface area (Å²) in [6.45, 7) is 4.67. The zero-order valence-electron chi connectivity index (χ0n) is 12.1. The minimum absolute atomic E-state index is 0.709. The Morgan fingerprint density at radius 2 is 2.19 bits per heavy atom. The van der Waals surface area contributed by atoms with E-state index in [0.29, 0.717) is 6.54 Å². The topological polar surface area (TPSA) is 43.0 Å². The van der Waals surface area contributed by atoms with E-state index < -0.39 is 0 Å². The van der Waals surface area contributed by atoms with Gasteiger partial charge >= 0.3 is 0 Å². The smallest absolute Gasteiger partial charge is 0.150 e. The Hall–Kier alpha value is -1.85. The SMILES string of the molecule is CCCNCc1ccc(Cn2ccnc2-c2cccs2)o1. The fourth-order valence-electron chi connectivity index (χ4n) is 2.23. The predicted molar refractivity (Wildman–Crippen MR) is 85.3 cm³/mol. The fourth-order valence-corrected chi connectivity index (χ4v) is 2.96. The van der Waals surface area contributed by atoms with E-state index in [0.717, 1.165) is 36.9 Å². The molecule has 3 rings (SSSR count). The molecule has 0 atom stereocenters. The molecule has 0 radical (unpaired) electrons. The number of furan rings is 1. The van der Waals surface area contributed by atoms with Crippen molar-refractivity contribution in [1.82, 2.24) is 14.9 Å². The molecule has 0 spiro atoms. The highest BCUT2D eigenvalue weighted by Crippen LogP contribution is 2.23. The van der Waals surface area contributed by atoms with Crippen molar-refractivity contribution in [2.45, 2.75) is 26.4 Å². The summed E-state index contributed by atoms with van der Waals surface area (Å²) < 4.78 is 7.99. The first-order valence-electron chi connectivity index (χ1n) is 7.20. The van der Waals surface area contributed by atoms with Crippen molar-refractivity contribution in [1.29, 1.82) is 0 Å². The zero-order valence-corrected chi connectivity index (χ0v) is 12.9. The third kappa shape index (κ3) is 3.43. The second kappa shape index (κ2) is 6.74. The van der Waals surface area contributed by atoms with Crippen molar-refractivity contribution in [3.8, 4) is 10.7 Å². The molecule has 1 N–H and O–H groups in total. The summed E-state index contributed by atoms with van der Waals surface area (Å²) in [4.78, 5) is 5.62. The lowest BCUT2D eigenvalue weighted by Gasteiger charge is -2.04. The molecule has 0 bridgehead atoms. The summed E-state index contributed by atoms with van der Waals surface area (Å²) in [5.41, 5.74) is 0. The first-order chi connectivity index (χ1) is 10.4. The van der Waals surface area contributed by atoms with Gasteiger partial charge in [-0.1, -0.05) is 13.0 Å². The van der Waals surface area contributed by atoms with Gasteiger partial charge in [0.2, 0.25) is 0 Å². The molecule has 21 heavy (non-hydrogen) atoms. The Morgan fingerprint density at radius 3 is 3.00 bits per heavy atom. The van der Waals surface area contributed by atoms with E-state index >= 15 is 0 Å². The van der Waals surface area contributed by atoms with Crippen LogP contribution in [-0.4, -0.2) is 16.1 Å². The number of rotatable bonds is 7. The van der Waals surface area contributed by atoms with Crippen LogP contribution in [0.3, 0.4) is 0 Å². The van der Waals surface area contributed by atoms with Crippen molar-refractivity contribution >= 4 is 11.3 Å². The molecule has 0 aliphatic carbocycles. The number of imidazole rings is 1. The molecular formula is C16H19N3OS. The molecule has 0 fully saturated rings. The molecular weight excluding hydrogens is 282 g/mol. The van der Waals surface area contributed by atoms with Crippen molar-refractivity contribution in [3.63, 3.8) is 0 Å². The van der Waals surface area contributed by atoms with Crippen LogP contribution >= 0.6 is 11.3 Å². The van der Waals surface area contributed by atoms with Crippen LogP contribution in [0.15, 0.2) is 46.5 Å². The van der Waals surface area contributed by atoms with Crippen molar-refractivity contribution < 1.29 is 4.42 Å². The van der Waals surface area contributed by atoms with Crippen molar-refractivity contribution in [2.24, 2.45) is 0 Å².